The second-order valence-corrected chi connectivity index (χ2v) is 9.18. The van der Waals surface area contributed by atoms with Crippen LogP contribution in [-0.2, 0) is 11.2 Å². The van der Waals surface area contributed by atoms with Crippen molar-refractivity contribution in [1.82, 2.24) is 9.80 Å². The van der Waals surface area contributed by atoms with Gasteiger partial charge in [-0.1, -0.05) is 38.0 Å². The number of likely N-dealkylation sites (tertiary alicyclic amines) is 2. The van der Waals surface area contributed by atoms with E-state index in [9.17, 15) is 9.90 Å². The van der Waals surface area contributed by atoms with E-state index in [0.29, 0.717) is 19.1 Å². The summed E-state index contributed by atoms with van der Waals surface area (Å²) >= 11 is 0. The molecule has 4 rings (SSSR count). The molecule has 0 bridgehead atoms. The zero-order chi connectivity index (χ0) is 20.3. The largest absolute Gasteiger partial charge is 0.492 e. The molecule has 1 N–H and O–H groups in total. The van der Waals surface area contributed by atoms with E-state index in [-0.39, 0.29) is 11.8 Å². The molecule has 5 nitrogen and oxygen atoms in total. The molecule has 2 heterocycles. The summed E-state index contributed by atoms with van der Waals surface area (Å²) in [6.07, 6.45) is 6.97. The Bertz CT molecular complexity index is 703. The molecule has 0 radical (unpaired) electrons. The fourth-order valence-electron chi connectivity index (χ4n) is 5.43. The average molecular weight is 401 g/mol. The van der Waals surface area contributed by atoms with Gasteiger partial charge in [0.2, 0.25) is 5.91 Å². The average Bonchev–Trinajstić information content (AvgIpc) is 3.28. The number of fused-ring (bicyclic) bond motifs is 1. The molecule has 29 heavy (non-hydrogen) atoms. The molecule has 3 aliphatic rings. The molecule has 0 unspecified atom stereocenters. The molecule has 1 aromatic rings. The van der Waals surface area contributed by atoms with Crippen LogP contribution in [0.5, 0.6) is 5.75 Å². The van der Waals surface area contributed by atoms with Crippen molar-refractivity contribution in [2.75, 3.05) is 39.3 Å². The van der Waals surface area contributed by atoms with Gasteiger partial charge in [0.05, 0.1) is 5.60 Å². The first-order chi connectivity index (χ1) is 14.1. The highest BCUT2D eigenvalue weighted by Crippen LogP contribution is 2.37. The van der Waals surface area contributed by atoms with Crippen LogP contribution in [0, 0.1) is 11.8 Å². The second kappa shape index (κ2) is 9.05. The fraction of sp³-hybridized carbons (Fsp3) is 0.708. The van der Waals surface area contributed by atoms with Crippen LogP contribution in [0.2, 0.25) is 0 Å². The second-order valence-electron chi connectivity index (χ2n) is 9.18. The van der Waals surface area contributed by atoms with Gasteiger partial charge in [0.15, 0.2) is 0 Å². The van der Waals surface area contributed by atoms with Crippen molar-refractivity contribution in [3.63, 3.8) is 0 Å². The SMILES string of the molecule is CCc1ccccc1OCCN1CC[C@]2(O)CCN(C(=O)C3CCCC3)C[C@@H]2C1. The number of nitrogens with zero attached hydrogens (tertiary/aromatic N) is 2. The lowest BCUT2D eigenvalue weighted by Gasteiger charge is -2.50. The highest BCUT2D eigenvalue weighted by Gasteiger charge is 2.46. The normalized spacial score (nSPS) is 28.3. The van der Waals surface area contributed by atoms with E-state index in [1.807, 2.05) is 17.0 Å². The van der Waals surface area contributed by atoms with Gasteiger partial charge in [-0.2, -0.15) is 0 Å². The number of rotatable bonds is 6. The van der Waals surface area contributed by atoms with Crippen molar-refractivity contribution >= 4 is 5.91 Å². The lowest BCUT2D eigenvalue weighted by molar-refractivity contribution is -0.150. The summed E-state index contributed by atoms with van der Waals surface area (Å²) in [6, 6.07) is 8.24. The number of ether oxygens (including phenoxy) is 1. The monoisotopic (exact) mass is 400 g/mol. The highest BCUT2D eigenvalue weighted by molar-refractivity contribution is 5.79. The summed E-state index contributed by atoms with van der Waals surface area (Å²) in [5.41, 5.74) is 0.646. The number of amides is 1. The number of hydrogen-bond donors (Lipinski definition) is 1. The maximum Gasteiger partial charge on any atom is 0.225 e. The summed E-state index contributed by atoms with van der Waals surface area (Å²) in [5, 5.41) is 11.1. The molecule has 3 fully saturated rings. The number of benzene rings is 1. The first kappa shape index (κ1) is 20.7. The molecular weight excluding hydrogens is 364 g/mol. The molecule has 1 aromatic carbocycles. The molecule has 1 saturated carbocycles. The van der Waals surface area contributed by atoms with Crippen LogP contribution in [0.25, 0.3) is 0 Å². The Morgan fingerprint density at radius 2 is 1.93 bits per heavy atom. The lowest BCUT2D eigenvalue weighted by Crippen LogP contribution is -2.61. The van der Waals surface area contributed by atoms with E-state index < -0.39 is 5.60 Å². The van der Waals surface area contributed by atoms with Crippen LogP contribution < -0.4 is 4.74 Å². The van der Waals surface area contributed by atoms with Crippen molar-refractivity contribution in [3.8, 4) is 5.75 Å². The van der Waals surface area contributed by atoms with Gasteiger partial charge in [-0.05, 0) is 43.7 Å². The zero-order valence-electron chi connectivity index (χ0n) is 17.8. The van der Waals surface area contributed by atoms with Crippen LogP contribution in [-0.4, -0.2) is 65.7 Å². The number of para-hydroxylation sites is 1. The van der Waals surface area contributed by atoms with Gasteiger partial charge in [-0.15, -0.1) is 0 Å². The Hall–Kier alpha value is -1.59. The summed E-state index contributed by atoms with van der Waals surface area (Å²) < 4.78 is 6.05. The quantitative estimate of drug-likeness (QED) is 0.797. The Morgan fingerprint density at radius 3 is 2.72 bits per heavy atom. The zero-order valence-corrected chi connectivity index (χ0v) is 17.8. The molecular formula is C24H36N2O3. The van der Waals surface area contributed by atoms with E-state index in [1.165, 1.54) is 18.4 Å². The summed E-state index contributed by atoms with van der Waals surface area (Å²) in [6.45, 7) is 6.86. The van der Waals surface area contributed by atoms with Gasteiger partial charge >= 0.3 is 0 Å². The summed E-state index contributed by atoms with van der Waals surface area (Å²) in [4.78, 5) is 17.3. The van der Waals surface area contributed by atoms with E-state index >= 15 is 0 Å². The Morgan fingerprint density at radius 1 is 1.17 bits per heavy atom. The molecule has 5 heteroatoms. The van der Waals surface area contributed by atoms with Crippen molar-refractivity contribution in [1.29, 1.82) is 0 Å². The van der Waals surface area contributed by atoms with Crippen LogP contribution in [0.3, 0.4) is 0 Å². The van der Waals surface area contributed by atoms with Crippen molar-refractivity contribution in [3.05, 3.63) is 29.8 Å². The highest BCUT2D eigenvalue weighted by atomic mass is 16.5. The first-order valence-corrected chi connectivity index (χ1v) is 11.5. The Balaban J connectivity index is 1.30. The Kier molecular flexibility index (Phi) is 6.45. The molecule has 2 atom stereocenters. The number of carbonyl (C=O) groups is 1. The molecule has 1 aliphatic carbocycles. The molecule has 2 aliphatic heterocycles. The van der Waals surface area contributed by atoms with Crippen molar-refractivity contribution < 1.29 is 14.6 Å². The Labute approximate surface area is 175 Å². The van der Waals surface area contributed by atoms with Gasteiger partial charge in [0, 0.05) is 44.6 Å². The minimum absolute atomic E-state index is 0.151. The number of carbonyl (C=O) groups excluding carboxylic acids is 1. The molecule has 0 aromatic heterocycles. The van der Waals surface area contributed by atoms with E-state index in [0.717, 1.165) is 64.0 Å². The number of hydrogen-bond acceptors (Lipinski definition) is 4. The molecule has 160 valence electrons. The van der Waals surface area contributed by atoms with Gasteiger partial charge in [-0.25, -0.2) is 0 Å². The molecule has 0 spiro atoms. The number of aliphatic hydroxyl groups is 1. The number of piperidine rings is 2. The summed E-state index contributed by atoms with van der Waals surface area (Å²) in [7, 11) is 0. The van der Waals surface area contributed by atoms with Crippen LogP contribution in [0.1, 0.15) is 51.0 Å². The minimum atomic E-state index is -0.599. The number of aryl methyl sites for hydroxylation is 1. The maximum atomic E-state index is 12.9. The molecule has 1 amide bonds. The van der Waals surface area contributed by atoms with E-state index in [4.69, 9.17) is 4.74 Å². The van der Waals surface area contributed by atoms with Gasteiger partial charge in [-0.3, -0.25) is 9.69 Å². The fourth-order valence-corrected chi connectivity index (χ4v) is 5.43. The standard InChI is InChI=1S/C24H36N2O3/c1-2-19-7-5-6-10-22(19)29-16-15-25-13-11-24(28)12-14-26(18-21(24)17-25)23(27)20-8-3-4-9-20/h5-7,10,20-21,28H,2-4,8-9,11-18H2,1H3/t21-,24-/m0/s1. The maximum absolute atomic E-state index is 12.9. The van der Waals surface area contributed by atoms with Gasteiger partial charge in [0.25, 0.3) is 0 Å². The third-order valence-corrected chi connectivity index (χ3v) is 7.39. The summed E-state index contributed by atoms with van der Waals surface area (Å²) in [5.74, 6) is 1.70. The lowest BCUT2D eigenvalue weighted by atomic mass is 9.75. The third-order valence-electron chi connectivity index (χ3n) is 7.39. The van der Waals surface area contributed by atoms with E-state index in [1.54, 1.807) is 0 Å². The van der Waals surface area contributed by atoms with Crippen molar-refractivity contribution in [2.24, 2.45) is 11.8 Å². The predicted molar refractivity (Wildman–Crippen MR) is 114 cm³/mol. The molecule has 2 saturated heterocycles. The van der Waals surface area contributed by atoms with Crippen LogP contribution in [0.4, 0.5) is 0 Å². The van der Waals surface area contributed by atoms with E-state index in [2.05, 4.69) is 24.0 Å². The predicted octanol–water partition coefficient (Wildman–Crippen LogP) is 3.10. The third kappa shape index (κ3) is 4.61. The first-order valence-electron chi connectivity index (χ1n) is 11.5. The van der Waals surface area contributed by atoms with Gasteiger partial charge < -0.3 is 14.7 Å². The van der Waals surface area contributed by atoms with Crippen molar-refractivity contribution in [2.45, 2.75) is 57.5 Å². The minimum Gasteiger partial charge on any atom is -0.492 e. The smallest absolute Gasteiger partial charge is 0.225 e. The van der Waals surface area contributed by atoms with Gasteiger partial charge in [0.1, 0.15) is 12.4 Å². The topological polar surface area (TPSA) is 53.0 Å². The van der Waals surface area contributed by atoms with Crippen LogP contribution >= 0.6 is 0 Å². The van der Waals surface area contributed by atoms with Crippen LogP contribution in [0.15, 0.2) is 24.3 Å².